The van der Waals surface area contributed by atoms with Crippen LogP contribution in [0.3, 0.4) is 0 Å². The number of ketones is 1. The maximum Gasteiger partial charge on any atom is 0.416 e. The van der Waals surface area contributed by atoms with Gasteiger partial charge >= 0.3 is 12.1 Å². The summed E-state index contributed by atoms with van der Waals surface area (Å²) in [4.78, 5) is 22.3. The molecule has 0 saturated carbocycles. The summed E-state index contributed by atoms with van der Waals surface area (Å²) in [5.41, 5.74) is -0.976. The first-order chi connectivity index (χ1) is 11.2. The molecule has 5 nitrogen and oxygen atoms in total. The van der Waals surface area contributed by atoms with Gasteiger partial charge in [-0.1, -0.05) is 19.9 Å². The second kappa shape index (κ2) is 7.76. The van der Waals surface area contributed by atoms with Gasteiger partial charge in [-0.15, -0.1) is 0 Å². The fourth-order valence-corrected chi connectivity index (χ4v) is 1.90. The summed E-state index contributed by atoms with van der Waals surface area (Å²) in [6.07, 6.45) is -1.89. The lowest BCUT2D eigenvalue weighted by atomic mass is 10.0. The number of aromatic carboxylic acids is 1. The normalized spacial score (nSPS) is 10.8. The minimum absolute atomic E-state index is 0.0486. The number of benzene rings is 1. The van der Waals surface area contributed by atoms with E-state index in [2.05, 4.69) is 5.10 Å². The quantitative estimate of drug-likeness (QED) is 0.856. The molecule has 0 bridgehead atoms. The van der Waals surface area contributed by atoms with Gasteiger partial charge in [-0.25, -0.2) is 4.79 Å². The van der Waals surface area contributed by atoms with Crippen LogP contribution in [0.2, 0.25) is 0 Å². The monoisotopic (exact) mass is 342 g/mol. The van der Waals surface area contributed by atoms with Crippen LogP contribution in [0.15, 0.2) is 30.6 Å². The number of alkyl halides is 3. The molecule has 1 aromatic carbocycles. The Kier molecular flexibility index (Phi) is 6.27. The molecule has 0 unspecified atom stereocenters. The van der Waals surface area contributed by atoms with Crippen LogP contribution < -0.4 is 0 Å². The zero-order valence-corrected chi connectivity index (χ0v) is 13.4. The molecule has 8 heteroatoms. The minimum atomic E-state index is -4.61. The molecular formula is C16H17F3N2O3. The van der Waals surface area contributed by atoms with Crippen molar-refractivity contribution in [2.75, 3.05) is 0 Å². The molecular weight excluding hydrogens is 325 g/mol. The van der Waals surface area contributed by atoms with Crippen LogP contribution in [0.25, 0.3) is 0 Å². The van der Waals surface area contributed by atoms with Crippen LogP contribution in [0.4, 0.5) is 13.2 Å². The topological polar surface area (TPSA) is 72.2 Å². The van der Waals surface area contributed by atoms with Gasteiger partial charge in [0, 0.05) is 6.20 Å². The molecule has 24 heavy (non-hydrogen) atoms. The van der Waals surface area contributed by atoms with Crippen molar-refractivity contribution in [3.05, 3.63) is 52.8 Å². The van der Waals surface area contributed by atoms with Crippen molar-refractivity contribution in [1.29, 1.82) is 0 Å². The summed E-state index contributed by atoms with van der Waals surface area (Å²) in [6, 6.07) is 2.51. The van der Waals surface area contributed by atoms with Gasteiger partial charge in [0.25, 0.3) is 0 Å². The minimum Gasteiger partial charge on any atom is -0.478 e. The molecule has 0 atom stereocenters. The highest BCUT2D eigenvalue weighted by atomic mass is 19.4. The predicted octanol–water partition coefficient (Wildman–Crippen LogP) is 3.88. The van der Waals surface area contributed by atoms with Crippen LogP contribution in [-0.4, -0.2) is 26.6 Å². The molecule has 1 N–H and O–H groups in total. The number of halogens is 3. The Morgan fingerprint density at radius 1 is 1.25 bits per heavy atom. The third-order valence-corrected chi connectivity index (χ3v) is 3.04. The van der Waals surface area contributed by atoms with E-state index in [4.69, 9.17) is 5.11 Å². The SMILES string of the molecule is CC.CC(=O)c1cnn(Cc2ccc(C(F)(F)F)cc2C(=O)O)c1. The van der Waals surface area contributed by atoms with Crippen LogP contribution >= 0.6 is 0 Å². The number of hydrogen-bond acceptors (Lipinski definition) is 3. The van der Waals surface area contributed by atoms with Crippen molar-refractivity contribution in [2.24, 2.45) is 0 Å². The maximum atomic E-state index is 12.6. The number of nitrogens with zero attached hydrogens (tertiary/aromatic N) is 2. The Morgan fingerprint density at radius 2 is 1.88 bits per heavy atom. The van der Waals surface area contributed by atoms with Crippen molar-refractivity contribution in [3.63, 3.8) is 0 Å². The van der Waals surface area contributed by atoms with Gasteiger partial charge in [-0.2, -0.15) is 18.3 Å². The van der Waals surface area contributed by atoms with Crippen LogP contribution in [-0.2, 0) is 12.7 Å². The number of carboxylic acid groups (broad SMARTS) is 1. The first kappa shape index (κ1) is 19.4. The third-order valence-electron chi connectivity index (χ3n) is 3.04. The number of carbonyl (C=O) groups excluding carboxylic acids is 1. The Bertz CT molecular complexity index is 736. The molecule has 1 aromatic heterocycles. The van der Waals surface area contributed by atoms with Gasteiger partial charge < -0.3 is 5.11 Å². The largest absolute Gasteiger partial charge is 0.478 e. The summed E-state index contributed by atoms with van der Waals surface area (Å²) in [5.74, 6) is -1.67. The summed E-state index contributed by atoms with van der Waals surface area (Å²) in [7, 11) is 0. The molecule has 2 aromatic rings. The van der Waals surface area contributed by atoms with Gasteiger partial charge in [-0.3, -0.25) is 9.48 Å². The van der Waals surface area contributed by atoms with Crippen molar-refractivity contribution >= 4 is 11.8 Å². The van der Waals surface area contributed by atoms with Crippen molar-refractivity contribution in [1.82, 2.24) is 9.78 Å². The first-order valence-electron chi connectivity index (χ1n) is 7.15. The fraction of sp³-hybridized carbons (Fsp3) is 0.312. The van der Waals surface area contributed by atoms with Gasteiger partial charge in [0.05, 0.1) is 29.4 Å². The summed E-state index contributed by atoms with van der Waals surface area (Å²) >= 11 is 0. The highest BCUT2D eigenvalue weighted by molar-refractivity contribution is 5.93. The molecule has 0 aliphatic heterocycles. The summed E-state index contributed by atoms with van der Waals surface area (Å²) < 4.78 is 39.2. The van der Waals surface area contributed by atoms with E-state index in [0.717, 1.165) is 12.1 Å². The first-order valence-corrected chi connectivity index (χ1v) is 7.15. The average Bonchev–Trinajstić information content (AvgIpc) is 2.97. The molecule has 1 heterocycles. The van der Waals surface area contributed by atoms with E-state index in [1.165, 1.54) is 24.0 Å². The van der Waals surface area contributed by atoms with Crippen molar-refractivity contribution < 1.29 is 27.9 Å². The Morgan fingerprint density at radius 3 is 2.33 bits per heavy atom. The number of carboxylic acids is 1. The number of rotatable bonds is 4. The molecule has 130 valence electrons. The van der Waals surface area contributed by atoms with E-state index in [1.807, 2.05) is 13.8 Å². The standard InChI is InChI=1S/C14H11F3N2O3.C2H6/c1-8(20)10-5-18-19(7-10)6-9-2-3-11(14(15,16)17)4-12(9)13(21)22;1-2/h2-5,7H,6H2,1H3,(H,21,22);1-2H3. The van der Waals surface area contributed by atoms with E-state index >= 15 is 0 Å². The Hall–Kier alpha value is -2.64. The van der Waals surface area contributed by atoms with E-state index < -0.39 is 23.3 Å². The number of aromatic nitrogens is 2. The number of carbonyl (C=O) groups is 2. The number of hydrogen-bond donors (Lipinski definition) is 1. The Labute approximate surface area is 136 Å². The second-order valence-electron chi connectivity index (χ2n) is 4.66. The second-order valence-corrected chi connectivity index (χ2v) is 4.66. The molecule has 0 radical (unpaired) electrons. The van der Waals surface area contributed by atoms with Gasteiger partial charge in [0.1, 0.15) is 0 Å². The smallest absolute Gasteiger partial charge is 0.416 e. The summed E-state index contributed by atoms with van der Waals surface area (Å²) in [5, 5.41) is 13.0. The lowest BCUT2D eigenvalue weighted by Gasteiger charge is -2.11. The van der Waals surface area contributed by atoms with Crippen LogP contribution in [0.1, 0.15) is 52.6 Å². The van der Waals surface area contributed by atoms with Gasteiger partial charge in [0.2, 0.25) is 0 Å². The van der Waals surface area contributed by atoms with E-state index in [1.54, 1.807) is 0 Å². The van der Waals surface area contributed by atoms with E-state index in [0.29, 0.717) is 11.6 Å². The highest BCUT2D eigenvalue weighted by Crippen LogP contribution is 2.30. The molecule has 0 spiro atoms. The zero-order valence-electron chi connectivity index (χ0n) is 13.4. The average molecular weight is 342 g/mol. The van der Waals surface area contributed by atoms with Crippen LogP contribution in [0.5, 0.6) is 0 Å². The van der Waals surface area contributed by atoms with E-state index in [-0.39, 0.29) is 17.9 Å². The maximum absolute atomic E-state index is 12.6. The molecule has 0 saturated heterocycles. The van der Waals surface area contributed by atoms with Gasteiger partial charge in [-0.05, 0) is 24.6 Å². The Balaban J connectivity index is 0.00000139. The molecule has 0 fully saturated rings. The fourth-order valence-electron chi connectivity index (χ4n) is 1.90. The molecule has 0 aliphatic carbocycles. The molecule has 0 aliphatic rings. The van der Waals surface area contributed by atoms with E-state index in [9.17, 15) is 22.8 Å². The van der Waals surface area contributed by atoms with Crippen molar-refractivity contribution in [2.45, 2.75) is 33.5 Å². The molecule has 2 rings (SSSR count). The van der Waals surface area contributed by atoms with Crippen LogP contribution in [0, 0.1) is 0 Å². The van der Waals surface area contributed by atoms with Crippen molar-refractivity contribution in [3.8, 4) is 0 Å². The zero-order chi connectivity index (χ0) is 18.5. The molecule has 0 amide bonds. The lowest BCUT2D eigenvalue weighted by Crippen LogP contribution is -2.12. The highest BCUT2D eigenvalue weighted by Gasteiger charge is 2.31. The predicted molar refractivity (Wildman–Crippen MR) is 81.1 cm³/mol. The number of Topliss-reactive ketones (excluding diaryl/α,β-unsaturated/α-hetero) is 1. The summed E-state index contributed by atoms with van der Waals surface area (Å²) in [6.45, 7) is 5.30. The van der Waals surface area contributed by atoms with Gasteiger partial charge in [0.15, 0.2) is 5.78 Å². The third kappa shape index (κ3) is 4.68. The lowest BCUT2D eigenvalue weighted by molar-refractivity contribution is -0.137.